The summed E-state index contributed by atoms with van der Waals surface area (Å²) >= 11 is 0. The van der Waals surface area contributed by atoms with Crippen molar-refractivity contribution >= 4 is 22.5 Å². The number of fused-ring (bicyclic) bond motifs is 1. The molecule has 0 spiro atoms. The van der Waals surface area contributed by atoms with Crippen LogP contribution in [0, 0.1) is 0 Å². The minimum absolute atomic E-state index is 0.0557. The standard InChI is InChI=1S/C16H16O4/c1-11(17)13-9-8-12-5-2-3-6-14(12)16(13)20-10-4-7-15(18)19/h2-3,5-6,8-9H,4,7,10H2,1H3,(H,18,19). The first-order chi connectivity index (χ1) is 9.59. The van der Waals surface area contributed by atoms with E-state index in [0.29, 0.717) is 17.7 Å². The van der Waals surface area contributed by atoms with Gasteiger partial charge >= 0.3 is 5.97 Å². The molecule has 0 fully saturated rings. The van der Waals surface area contributed by atoms with E-state index in [2.05, 4.69) is 0 Å². The van der Waals surface area contributed by atoms with Crippen molar-refractivity contribution in [2.24, 2.45) is 0 Å². The minimum atomic E-state index is -0.849. The van der Waals surface area contributed by atoms with Gasteiger partial charge in [0.05, 0.1) is 12.2 Å². The predicted molar refractivity (Wildman–Crippen MR) is 76.3 cm³/mol. The van der Waals surface area contributed by atoms with Crippen LogP contribution in [0.5, 0.6) is 5.75 Å². The number of benzene rings is 2. The molecule has 2 rings (SSSR count). The first-order valence-corrected chi connectivity index (χ1v) is 6.47. The molecule has 4 nitrogen and oxygen atoms in total. The fourth-order valence-corrected chi connectivity index (χ4v) is 2.07. The molecular weight excluding hydrogens is 256 g/mol. The van der Waals surface area contributed by atoms with Gasteiger partial charge in [0, 0.05) is 11.8 Å². The first-order valence-electron chi connectivity index (χ1n) is 6.47. The molecule has 104 valence electrons. The summed E-state index contributed by atoms with van der Waals surface area (Å²) in [4.78, 5) is 22.2. The van der Waals surface area contributed by atoms with Crippen LogP contribution in [0.15, 0.2) is 36.4 Å². The van der Waals surface area contributed by atoms with E-state index in [4.69, 9.17) is 9.84 Å². The topological polar surface area (TPSA) is 63.6 Å². The normalized spacial score (nSPS) is 10.4. The molecule has 0 amide bonds. The Kier molecular flexibility index (Phi) is 4.35. The number of hydrogen-bond acceptors (Lipinski definition) is 3. The van der Waals surface area contributed by atoms with Gasteiger partial charge < -0.3 is 9.84 Å². The van der Waals surface area contributed by atoms with E-state index >= 15 is 0 Å². The monoisotopic (exact) mass is 272 g/mol. The Morgan fingerprint density at radius 1 is 1.15 bits per heavy atom. The number of aliphatic carboxylic acids is 1. The van der Waals surface area contributed by atoms with Crippen molar-refractivity contribution in [2.75, 3.05) is 6.61 Å². The first kappa shape index (κ1) is 14.1. The largest absolute Gasteiger partial charge is 0.492 e. The predicted octanol–water partition coefficient (Wildman–Crippen LogP) is 3.29. The van der Waals surface area contributed by atoms with Crippen molar-refractivity contribution in [3.63, 3.8) is 0 Å². The molecule has 0 atom stereocenters. The quantitative estimate of drug-likeness (QED) is 0.647. The fourth-order valence-electron chi connectivity index (χ4n) is 2.07. The minimum Gasteiger partial charge on any atom is -0.492 e. The van der Waals surface area contributed by atoms with E-state index in [1.165, 1.54) is 6.92 Å². The summed E-state index contributed by atoms with van der Waals surface area (Å²) in [5, 5.41) is 10.5. The zero-order valence-electron chi connectivity index (χ0n) is 11.3. The molecule has 0 aliphatic heterocycles. The maximum atomic E-state index is 11.7. The number of hydrogen-bond donors (Lipinski definition) is 1. The second kappa shape index (κ2) is 6.19. The van der Waals surface area contributed by atoms with Crippen molar-refractivity contribution in [1.29, 1.82) is 0 Å². The van der Waals surface area contributed by atoms with Crippen LogP contribution in [-0.4, -0.2) is 23.5 Å². The smallest absolute Gasteiger partial charge is 0.303 e. The van der Waals surface area contributed by atoms with Gasteiger partial charge in [0.25, 0.3) is 0 Å². The number of carbonyl (C=O) groups excluding carboxylic acids is 1. The second-order valence-corrected chi connectivity index (χ2v) is 4.57. The van der Waals surface area contributed by atoms with E-state index in [9.17, 15) is 9.59 Å². The van der Waals surface area contributed by atoms with E-state index in [-0.39, 0.29) is 18.8 Å². The fraction of sp³-hybridized carbons (Fsp3) is 0.250. The number of carbonyl (C=O) groups is 2. The van der Waals surface area contributed by atoms with Gasteiger partial charge in [-0.05, 0) is 24.8 Å². The Labute approximate surface area is 117 Å². The molecule has 1 N–H and O–H groups in total. The molecule has 0 saturated carbocycles. The summed E-state index contributed by atoms with van der Waals surface area (Å²) in [5.41, 5.74) is 0.527. The van der Waals surface area contributed by atoms with Crippen molar-refractivity contribution in [3.05, 3.63) is 42.0 Å². The summed E-state index contributed by atoms with van der Waals surface area (Å²) < 4.78 is 5.68. The molecule has 0 saturated heterocycles. The van der Waals surface area contributed by atoms with Gasteiger partial charge in [-0.2, -0.15) is 0 Å². The van der Waals surface area contributed by atoms with Crippen LogP contribution in [-0.2, 0) is 4.79 Å². The number of carboxylic acids is 1. The van der Waals surface area contributed by atoms with Crippen LogP contribution in [0.2, 0.25) is 0 Å². The van der Waals surface area contributed by atoms with E-state index < -0.39 is 5.97 Å². The summed E-state index contributed by atoms with van der Waals surface area (Å²) in [6.45, 7) is 1.77. The van der Waals surface area contributed by atoms with E-state index in [0.717, 1.165) is 10.8 Å². The summed E-state index contributed by atoms with van der Waals surface area (Å²) in [5.74, 6) is -0.372. The average Bonchev–Trinajstić information content (AvgIpc) is 2.42. The molecule has 0 aliphatic carbocycles. The Morgan fingerprint density at radius 2 is 1.90 bits per heavy atom. The van der Waals surface area contributed by atoms with Crippen LogP contribution in [0.4, 0.5) is 0 Å². The lowest BCUT2D eigenvalue weighted by molar-refractivity contribution is -0.137. The lowest BCUT2D eigenvalue weighted by Gasteiger charge is -2.12. The molecular formula is C16H16O4. The van der Waals surface area contributed by atoms with Crippen molar-refractivity contribution in [1.82, 2.24) is 0 Å². The van der Waals surface area contributed by atoms with Gasteiger partial charge in [-0.1, -0.05) is 30.3 Å². The molecule has 0 aromatic heterocycles. The molecule has 4 heteroatoms. The van der Waals surface area contributed by atoms with E-state index in [1.807, 2.05) is 30.3 Å². The molecule has 0 aliphatic rings. The Hall–Kier alpha value is -2.36. The SMILES string of the molecule is CC(=O)c1ccc2ccccc2c1OCCCC(=O)O. The van der Waals surface area contributed by atoms with Gasteiger partial charge in [-0.3, -0.25) is 9.59 Å². The zero-order valence-corrected chi connectivity index (χ0v) is 11.3. The van der Waals surface area contributed by atoms with Crippen LogP contribution in [0.25, 0.3) is 10.8 Å². The zero-order chi connectivity index (χ0) is 14.5. The molecule has 0 unspecified atom stereocenters. The highest BCUT2D eigenvalue weighted by molar-refractivity contribution is 6.03. The molecule has 20 heavy (non-hydrogen) atoms. The molecule has 2 aromatic carbocycles. The molecule has 0 heterocycles. The maximum Gasteiger partial charge on any atom is 0.303 e. The van der Waals surface area contributed by atoms with Crippen LogP contribution >= 0.6 is 0 Å². The number of ketones is 1. The maximum absolute atomic E-state index is 11.7. The van der Waals surface area contributed by atoms with Gasteiger partial charge in [-0.25, -0.2) is 0 Å². The third-order valence-corrected chi connectivity index (χ3v) is 3.04. The molecule has 2 aromatic rings. The van der Waals surface area contributed by atoms with Crippen molar-refractivity contribution in [3.8, 4) is 5.75 Å². The Bertz CT molecular complexity index is 646. The highest BCUT2D eigenvalue weighted by Crippen LogP contribution is 2.30. The van der Waals surface area contributed by atoms with Gasteiger partial charge in [-0.15, -0.1) is 0 Å². The second-order valence-electron chi connectivity index (χ2n) is 4.57. The third-order valence-electron chi connectivity index (χ3n) is 3.04. The number of ether oxygens (including phenoxy) is 1. The number of rotatable bonds is 6. The Morgan fingerprint density at radius 3 is 2.60 bits per heavy atom. The van der Waals surface area contributed by atoms with E-state index in [1.54, 1.807) is 6.07 Å². The van der Waals surface area contributed by atoms with Gasteiger partial charge in [0.1, 0.15) is 5.75 Å². The van der Waals surface area contributed by atoms with Crippen LogP contribution in [0.3, 0.4) is 0 Å². The van der Waals surface area contributed by atoms with Crippen LogP contribution < -0.4 is 4.74 Å². The average molecular weight is 272 g/mol. The van der Waals surface area contributed by atoms with Crippen LogP contribution in [0.1, 0.15) is 30.1 Å². The summed E-state index contributed by atoms with van der Waals surface area (Å²) in [7, 11) is 0. The van der Waals surface area contributed by atoms with Crippen molar-refractivity contribution < 1.29 is 19.4 Å². The number of carboxylic acid groups (broad SMARTS) is 1. The molecule has 0 bridgehead atoms. The van der Waals surface area contributed by atoms with Crippen molar-refractivity contribution in [2.45, 2.75) is 19.8 Å². The third kappa shape index (κ3) is 3.15. The summed E-state index contributed by atoms with van der Waals surface area (Å²) in [6, 6.07) is 11.3. The Balaban J connectivity index is 2.30. The molecule has 0 radical (unpaired) electrons. The summed E-state index contributed by atoms with van der Waals surface area (Å²) in [6.07, 6.45) is 0.468. The number of Topliss-reactive ketones (excluding diaryl/α,β-unsaturated/α-hetero) is 1. The highest BCUT2D eigenvalue weighted by atomic mass is 16.5. The lowest BCUT2D eigenvalue weighted by Crippen LogP contribution is -2.05. The lowest BCUT2D eigenvalue weighted by atomic mass is 10.0. The van der Waals surface area contributed by atoms with Gasteiger partial charge in [0.2, 0.25) is 0 Å². The highest BCUT2D eigenvalue weighted by Gasteiger charge is 2.12. The van der Waals surface area contributed by atoms with Gasteiger partial charge in [0.15, 0.2) is 5.78 Å².